The average Bonchev–Trinajstić information content (AvgIpc) is 3.29. The zero-order chi connectivity index (χ0) is 23.4. The third-order valence-electron chi connectivity index (χ3n) is 4.19. The highest BCUT2D eigenvalue weighted by Crippen LogP contribution is 2.32. The minimum absolute atomic E-state index is 0.0233. The molecule has 0 fully saturated rings. The molecule has 0 aliphatic heterocycles. The maximum absolute atomic E-state index is 14.3. The van der Waals surface area contributed by atoms with Gasteiger partial charge in [-0.2, -0.15) is 0 Å². The Kier molecular flexibility index (Phi) is 5.94. The number of anilines is 1. The van der Waals surface area contributed by atoms with Gasteiger partial charge in [-0.25, -0.2) is 14.4 Å². The number of hydrogen-bond acceptors (Lipinski definition) is 6. The fraction of sp³-hybridized carbons (Fsp3) is 0.0455. The van der Waals surface area contributed by atoms with Crippen molar-refractivity contribution in [3.05, 3.63) is 84.8 Å². The molecule has 4 aromatic rings. The lowest BCUT2D eigenvalue weighted by molar-refractivity contribution is -0.274. The standard InChI is InChI=1S/C22H13F4N3O4/c23-18-7-6-14(32-21-16(5-2-8-28-21)19-11-27-12-31-19)10-17(18)20(30)29-13-3-1-4-15(9-13)33-22(24,25)26/h1-12H,(H,29,30). The third-order valence-corrected chi connectivity index (χ3v) is 4.19. The summed E-state index contributed by atoms with van der Waals surface area (Å²) in [5.74, 6) is -1.69. The summed E-state index contributed by atoms with van der Waals surface area (Å²) in [4.78, 5) is 20.5. The fourth-order valence-corrected chi connectivity index (χ4v) is 2.83. The predicted molar refractivity (Wildman–Crippen MR) is 107 cm³/mol. The monoisotopic (exact) mass is 459 g/mol. The molecule has 0 radical (unpaired) electrons. The van der Waals surface area contributed by atoms with Gasteiger partial charge in [-0.15, -0.1) is 13.2 Å². The van der Waals surface area contributed by atoms with Crippen molar-refractivity contribution in [2.24, 2.45) is 0 Å². The summed E-state index contributed by atoms with van der Waals surface area (Å²) in [6.45, 7) is 0. The van der Waals surface area contributed by atoms with Crippen LogP contribution in [-0.4, -0.2) is 22.2 Å². The molecule has 0 saturated heterocycles. The first kappa shape index (κ1) is 21.8. The smallest absolute Gasteiger partial charge is 0.443 e. The van der Waals surface area contributed by atoms with Crippen molar-refractivity contribution in [1.82, 2.24) is 9.97 Å². The number of nitrogens with one attached hydrogen (secondary N) is 1. The molecule has 0 aliphatic carbocycles. The van der Waals surface area contributed by atoms with E-state index in [9.17, 15) is 22.4 Å². The Morgan fingerprint density at radius 2 is 1.88 bits per heavy atom. The van der Waals surface area contributed by atoms with Crippen LogP contribution in [0.2, 0.25) is 0 Å². The maximum Gasteiger partial charge on any atom is 0.573 e. The average molecular weight is 459 g/mol. The van der Waals surface area contributed by atoms with Crippen LogP contribution in [0.4, 0.5) is 23.2 Å². The predicted octanol–water partition coefficient (Wildman–Crippen LogP) is 5.82. The number of hydrogen-bond donors (Lipinski definition) is 1. The Hall–Kier alpha value is -4.41. The van der Waals surface area contributed by atoms with E-state index < -0.39 is 29.4 Å². The molecule has 0 unspecified atom stereocenters. The number of alkyl halides is 3. The second-order valence-corrected chi connectivity index (χ2v) is 6.50. The quantitative estimate of drug-likeness (QED) is 0.366. The number of carbonyl (C=O) groups excluding carboxylic acids is 1. The van der Waals surface area contributed by atoms with Gasteiger partial charge in [0.15, 0.2) is 12.2 Å². The number of pyridine rings is 1. The molecule has 0 spiro atoms. The van der Waals surface area contributed by atoms with Gasteiger partial charge in [-0.1, -0.05) is 6.07 Å². The fourth-order valence-electron chi connectivity index (χ4n) is 2.83. The molecule has 7 nitrogen and oxygen atoms in total. The van der Waals surface area contributed by atoms with Crippen molar-refractivity contribution in [3.63, 3.8) is 0 Å². The van der Waals surface area contributed by atoms with Crippen LogP contribution in [-0.2, 0) is 0 Å². The van der Waals surface area contributed by atoms with Gasteiger partial charge in [-0.05, 0) is 42.5 Å². The molecular formula is C22H13F4N3O4. The van der Waals surface area contributed by atoms with E-state index in [1.54, 1.807) is 12.1 Å². The van der Waals surface area contributed by atoms with Crippen LogP contribution in [0, 0.1) is 5.82 Å². The van der Waals surface area contributed by atoms with E-state index in [2.05, 4.69) is 20.0 Å². The van der Waals surface area contributed by atoms with Gasteiger partial charge >= 0.3 is 6.36 Å². The van der Waals surface area contributed by atoms with Crippen LogP contribution in [0.5, 0.6) is 17.4 Å². The van der Waals surface area contributed by atoms with Crippen LogP contribution in [0.15, 0.2) is 77.8 Å². The summed E-state index contributed by atoms with van der Waals surface area (Å²) in [7, 11) is 0. The van der Waals surface area contributed by atoms with Crippen molar-refractivity contribution in [1.29, 1.82) is 0 Å². The molecule has 2 heterocycles. The molecule has 33 heavy (non-hydrogen) atoms. The number of oxazole rings is 1. The summed E-state index contributed by atoms with van der Waals surface area (Å²) in [5.41, 5.74) is 0.0587. The van der Waals surface area contributed by atoms with Crippen LogP contribution in [0.3, 0.4) is 0 Å². The number of amides is 1. The summed E-state index contributed by atoms with van der Waals surface area (Å²) < 4.78 is 66.3. The van der Waals surface area contributed by atoms with Crippen molar-refractivity contribution in [2.45, 2.75) is 6.36 Å². The molecule has 0 saturated carbocycles. The summed E-state index contributed by atoms with van der Waals surface area (Å²) in [6.07, 6.45) is -0.718. The van der Waals surface area contributed by atoms with Gasteiger partial charge in [0, 0.05) is 18.0 Å². The van der Waals surface area contributed by atoms with E-state index in [1.165, 1.54) is 37.0 Å². The molecule has 0 bridgehead atoms. The number of benzene rings is 2. The molecule has 0 aliphatic rings. The van der Waals surface area contributed by atoms with Crippen molar-refractivity contribution in [3.8, 4) is 28.7 Å². The van der Waals surface area contributed by atoms with E-state index in [0.29, 0.717) is 11.3 Å². The molecule has 2 aromatic heterocycles. The molecule has 1 N–H and O–H groups in total. The lowest BCUT2D eigenvalue weighted by Gasteiger charge is -2.12. The zero-order valence-electron chi connectivity index (χ0n) is 16.5. The third kappa shape index (κ3) is 5.45. The Balaban J connectivity index is 1.55. The first-order chi connectivity index (χ1) is 15.8. The number of ether oxygens (including phenoxy) is 2. The molecule has 4 rings (SSSR count). The highest BCUT2D eigenvalue weighted by molar-refractivity contribution is 6.04. The van der Waals surface area contributed by atoms with Crippen LogP contribution >= 0.6 is 0 Å². The minimum atomic E-state index is -4.89. The van der Waals surface area contributed by atoms with Gasteiger partial charge in [0.1, 0.15) is 17.3 Å². The lowest BCUT2D eigenvalue weighted by Crippen LogP contribution is -2.17. The number of halogens is 4. The second-order valence-electron chi connectivity index (χ2n) is 6.50. The first-order valence-electron chi connectivity index (χ1n) is 9.27. The SMILES string of the molecule is O=C(Nc1cccc(OC(F)(F)F)c1)c1cc(Oc2ncccc2-c2cnco2)ccc1F. The Morgan fingerprint density at radius 3 is 2.64 bits per heavy atom. The Bertz CT molecular complexity index is 1280. The molecular weight excluding hydrogens is 446 g/mol. The molecule has 2 aromatic carbocycles. The van der Waals surface area contributed by atoms with Gasteiger partial charge in [0.2, 0.25) is 5.88 Å². The minimum Gasteiger partial charge on any atom is -0.443 e. The number of nitrogens with zero attached hydrogens (tertiary/aromatic N) is 2. The second kappa shape index (κ2) is 8.99. The van der Waals surface area contributed by atoms with Gasteiger partial charge in [0.05, 0.1) is 17.3 Å². The lowest BCUT2D eigenvalue weighted by atomic mass is 10.1. The summed E-state index contributed by atoms with van der Waals surface area (Å²) >= 11 is 0. The molecule has 0 atom stereocenters. The summed E-state index contributed by atoms with van der Waals surface area (Å²) in [5, 5.41) is 2.33. The van der Waals surface area contributed by atoms with E-state index in [0.717, 1.165) is 24.3 Å². The van der Waals surface area contributed by atoms with Crippen LogP contribution in [0.1, 0.15) is 10.4 Å². The Labute approximate surface area is 183 Å². The van der Waals surface area contributed by atoms with Crippen LogP contribution < -0.4 is 14.8 Å². The number of aromatic nitrogens is 2. The van der Waals surface area contributed by atoms with E-state index in [4.69, 9.17) is 9.15 Å². The van der Waals surface area contributed by atoms with Gasteiger partial charge < -0.3 is 19.2 Å². The first-order valence-corrected chi connectivity index (χ1v) is 9.27. The maximum atomic E-state index is 14.3. The molecule has 11 heteroatoms. The normalized spacial score (nSPS) is 11.2. The van der Waals surface area contributed by atoms with Crippen molar-refractivity contribution in [2.75, 3.05) is 5.32 Å². The highest BCUT2D eigenvalue weighted by atomic mass is 19.4. The van der Waals surface area contributed by atoms with Gasteiger partial charge in [-0.3, -0.25) is 4.79 Å². The van der Waals surface area contributed by atoms with Crippen LogP contribution in [0.25, 0.3) is 11.3 Å². The largest absolute Gasteiger partial charge is 0.573 e. The molecule has 168 valence electrons. The van der Waals surface area contributed by atoms with Crippen molar-refractivity contribution >= 4 is 11.6 Å². The summed E-state index contributed by atoms with van der Waals surface area (Å²) in [6, 6.07) is 11.4. The van der Waals surface area contributed by atoms with E-state index in [-0.39, 0.29) is 17.3 Å². The van der Waals surface area contributed by atoms with Gasteiger partial charge in [0.25, 0.3) is 5.91 Å². The van der Waals surface area contributed by atoms with Crippen molar-refractivity contribution < 1.29 is 36.2 Å². The highest BCUT2D eigenvalue weighted by Gasteiger charge is 2.31. The topological polar surface area (TPSA) is 86.5 Å². The zero-order valence-corrected chi connectivity index (χ0v) is 16.5. The van der Waals surface area contributed by atoms with E-state index >= 15 is 0 Å². The van der Waals surface area contributed by atoms with E-state index in [1.807, 2.05) is 0 Å². The molecule has 1 amide bonds. The number of carbonyl (C=O) groups is 1. The Morgan fingerprint density at radius 1 is 1.03 bits per heavy atom. The number of rotatable bonds is 6.